The molecule has 0 atom stereocenters. The van der Waals surface area contributed by atoms with Crippen LogP contribution in [0.5, 0.6) is 0 Å². The van der Waals surface area contributed by atoms with Crippen molar-refractivity contribution < 1.29 is 18.7 Å². The van der Waals surface area contributed by atoms with Crippen LogP contribution in [0.1, 0.15) is 39.2 Å². The molecular formula is C29H18Cl2FN3O3. The maximum Gasteiger partial charge on any atom is 0.339 e. The molecule has 1 aromatic heterocycles. The first kappa shape index (κ1) is 25.4. The van der Waals surface area contributed by atoms with Crippen LogP contribution in [0, 0.1) is 17.1 Å². The molecule has 9 heteroatoms. The van der Waals surface area contributed by atoms with Gasteiger partial charge in [-0.3, -0.25) is 4.79 Å². The summed E-state index contributed by atoms with van der Waals surface area (Å²) in [7, 11) is 0. The quantitative estimate of drug-likeness (QED) is 0.277. The van der Waals surface area contributed by atoms with Gasteiger partial charge in [-0.15, -0.1) is 0 Å². The van der Waals surface area contributed by atoms with E-state index in [9.17, 15) is 19.2 Å². The van der Waals surface area contributed by atoms with Gasteiger partial charge in [0.25, 0.3) is 5.91 Å². The summed E-state index contributed by atoms with van der Waals surface area (Å²) in [6.07, 6.45) is 2.66. The van der Waals surface area contributed by atoms with Gasteiger partial charge in [-0.2, -0.15) is 5.26 Å². The third-order valence-corrected chi connectivity index (χ3v) is 6.74. The lowest BCUT2D eigenvalue weighted by Gasteiger charge is -2.13. The van der Waals surface area contributed by atoms with E-state index in [0.29, 0.717) is 45.6 Å². The van der Waals surface area contributed by atoms with Crippen molar-refractivity contribution in [2.45, 2.75) is 12.8 Å². The van der Waals surface area contributed by atoms with Crippen molar-refractivity contribution in [2.24, 2.45) is 0 Å². The Bertz CT molecular complexity index is 1670. The second-order valence-corrected chi connectivity index (χ2v) is 9.41. The number of allylic oxidation sites excluding steroid dienone is 1. The third kappa shape index (κ3) is 4.97. The van der Waals surface area contributed by atoms with E-state index in [1.165, 1.54) is 30.3 Å². The lowest BCUT2D eigenvalue weighted by Crippen LogP contribution is -2.22. The highest BCUT2D eigenvalue weighted by Crippen LogP contribution is 2.38. The third-order valence-electron chi connectivity index (χ3n) is 6.17. The van der Waals surface area contributed by atoms with Crippen molar-refractivity contribution in [3.05, 3.63) is 104 Å². The van der Waals surface area contributed by atoms with Crippen LogP contribution in [0.25, 0.3) is 22.6 Å². The van der Waals surface area contributed by atoms with Crippen LogP contribution >= 0.6 is 23.2 Å². The van der Waals surface area contributed by atoms with Crippen molar-refractivity contribution >= 4 is 63.3 Å². The van der Waals surface area contributed by atoms with Crippen LogP contribution < -0.4 is 5.32 Å². The summed E-state index contributed by atoms with van der Waals surface area (Å²) in [5, 5.41) is 13.0. The van der Waals surface area contributed by atoms with Crippen LogP contribution in [0.15, 0.2) is 60.7 Å². The summed E-state index contributed by atoms with van der Waals surface area (Å²) in [5.41, 5.74) is 3.54. The van der Waals surface area contributed by atoms with E-state index in [-0.39, 0.29) is 21.8 Å². The lowest BCUT2D eigenvalue weighted by molar-refractivity contribution is -0.119. The van der Waals surface area contributed by atoms with E-state index in [4.69, 9.17) is 32.9 Å². The van der Waals surface area contributed by atoms with Gasteiger partial charge >= 0.3 is 5.97 Å². The minimum absolute atomic E-state index is 0.220. The number of anilines is 1. The molecule has 1 aliphatic rings. The maximum absolute atomic E-state index is 14.5. The number of ether oxygens (including phenoxy) is 1. The molecule has 3 aromatic carbocycles. The molecule has 1 aliphatic carbocycles. The molecule has 4 aromatic rings. The first-order valence-electron chi connectivity index (χ1n) is 11.6. The van der Waals surface area contributed by atoms with E-state index in [1.54, 1.807) is 36.4 Å². The number of para-hydroxylation sites is 1. The Morgan fingerprint density at radius 3 is 2.71 bits per heavy atom. The Hall–Kier alpha value is -4.25. The summed E-state index contributed by atoms with van der Waals surface area (Å²) in [4.78, 5) is 30.6. The number of rotatable bonds is 5. The number of amides is 1. The van der Waals surface area contributed by atoms with Gasteiger partial charge in [-0.05, 0) is 66.5 Å². The Kier molecular flexibility index (Phi) is 7.10. The highest BCUT2D eigenvalue weighted by atomic mass is 35.5. The molecule has 0 spiro atoms. The van der Waals surface area contributed by atoms with Gasteiger partial charge in [0, 0.05) is 16.0 Å². The van der Waals surface area contributed by atoms with Crippen LogP contribution in [-0.4, -0.2) is 23.5 Å². The zero-order valence-electron chi connectivity index (χ0n) is 19.7. The number of halogens is 3. The van der Waals surface area contributed by atoms with Crippen LogP contribution in [0.3, 0.4) is 0 Å². The van der Waals surface area contributed by atoms with Crippen molar-refractivity contribution in [3.8, 4) is 6.07 Å². The van der Waals surface area contributed by atoms with Crippen molar-refractivity contribution in [2.75, 3.05) is 11.9 Å². The molecule has 0 saturated carbocycles. The molecule has 188 valence electrons. The molecule has 1 N–H and O–H groups in total. The van der Waals surface area contributed by atoms with Gasteiger partial charge in [-0.25, -0.2) is 14.2 Å². The smallest absolute Gasteiger partial charge is 0.339 e. The molecule has 0 saturated heterocycles. The number of nitriles is 1. The van der Waals surface area contributed by atoms with E-state index >= 15 is 0 Å². The molecule has 0 fully saturated rings. The zero-order chi connectivity index (χ0) is 26.8. The fourth-order valence-corrected chi connectivity index (χ4v) is 4.83. The van der Waals surface area contributed by atoms with E-state index in [1.807, 2.05) is 6.07 Å². The molecule has 6 nitrogen and oxygen atoms in total. The molecule has 0 aliphatic heterocycles. The SMILES string of the molecule is N#Cc1ccc(Cl)cc1NC(=O)COC(=O)c1c2c(nc3ccccc13)C(=Cc1c(F)cccc1Cl)CC2. The maximum atomic E-state index is 14.5. The number of esters is 1. The second kappa shape index (κ2) is 10.6. The highest BCUT2D eigenvalue weighted by molar-refractivity contribution is 6.32. The van der Waals surface area contributed by atoms with Crippen LogP contribution in [0.2, 0.25) is 10.0 Å². The molecule has 0 unspecified atom stereocenters. The molecule has 1 heterocycles. The largest absolute Gasteiger partial charge is 0.452 e. The minimum atomic E-state index is -0.688. The normalized spacial score (nSPS) is 13.3. The number of aromatic nitrogens is 1. The van der Waals surface area contributed by atoms with Gasteiger partial charge in [0.2, 0.25) is 0 Å². The van der Waals surface area contributed by atoms with Crippen LogP contribution in [-0.2, 0) is 16.0 Å². The number of carbonyl (C=O) groups is 2. The predicted octanol–water partition coefficient (Wildman–Crippen LogP) is 6.83. The molecule has 0 radical (unpaired) electrons. The van der Waals surface area contributed by atoms with Gasteiger partial charge in [0.15, 0.2) is 6.61 Å². The Morgan fingerprint density at radius 2 is 1.92 bits per heavy atom. The van der Waals surface area contributed by atoms with Crippen molar-refractivity contribution in [1.82, 2.24) is 4.98 Å². The number of carbonyl (C=O) groups excluding carboxylic acids is 2. The average Bonchev–Trinajstić information content (AvgIpc) is 3.30. The topological polar surface area (TPSA) is 92.1 Å². The molecule has 5 rings (SSSR count). The number of fused-ring (bicyclic) bond motifs is 2. The van der Waals surface area contributed by atoms with E-state index in [2.05, 4.69) is 5.32 Å². The predicted molar refractivity (Wildman–Crippen MR) is 144 cm³/mol. The minimum Gasteiger partial charge on any atom is -0.452 e. The standard InChI is InChI=1S/C29H18Cl2FN3O3/c30-18-10-8-17(14-33)25(13-18)34-26(36)15-38-29(37)27-19-4-1-2-7-24(19)35-28-16(9-11-20(27)28)12-21-22(31)5-3-6-23(21)32/h1-8,10,12-13H,9,11,15H2,(H,34,36). The fourth-order valence-electron chi connectivity index (χ4n) is 4.44. The first-order chi connectivity index (χ1) is 18.4. The van der Waals surface area contributed by atoms with Crippen molar-refractivity contribution in [3.63, 3.8) is 0 Å². The monoisotopic (exact) mass is 545 g/mol. The Morgan fingerprint density at radius 1 is 1.11 bits per heavy atom. The molecule has 38 heavy (non-hydrogen) atoms. The first-order valence-corrected chi connectivity index (χ1v) is 12.3. The summed E-state index contributed by atoms with van der Waals surface area (Å²) in [6.45, 7) is -0.574. The van der Waals surface area contributed by atoms with Crippen LogP contribution in [0.4, 0.5) is 10.1 Å². The van der Waals surface area contributed by atoms with Crippen molar-refractivity contribution in [1.29, 1.82) is 5.26 Å². The summed E-state index contributed by atoms with van der Waals surface area (Å²) < 4.78 is 19.9. The average molecular weight is 546 g/mol. The lowest BCUT2D eigenvalue weighted by atomic mass is 10.0. The number of pyridine rings is 1. The molecule has 0 bridgehead atoms. The fraction of sp³-hybridized carbons (Fsp3) is 0.103. The highest BCUT2D eigenvalue weighted by Gasteiger charge is 2.28. The number of nitrogens with one attached hydrogen (secondary N) is 1. The van der Waals surface area contributed by atoms with Gasteiger partial charge in [0.1, 0.15) is 11.9 Å². The van der Waals surface area contributed by atoms with Gasteiger partial charge in [-0.1, -0.05) is 47.5 Å². The number of benzene rings is 3. The van der Waals surface area contributed by atoms with E-state index < -0.39 is 24.3 Å². The van der Waals surface area contributed by atoms with Gasteiger partial charge < -0.3 is 10.1 Å². The summed E-state index contributed by atoms with van der Waals surface area (Å²) in [5.74, 6) is -1.77. The zero-order valence-corrected chi connectivity index (χ0v) is 21.2. The number of nitrogens with zero attached hydrogens (tertiary/aromatic N) is 2. The Labute approximate surface area is 227 Å². The second-order valence-electron chi connectivity index (χ2n) is 8.56. The molecule has 1 amide bonds. The van der Waals surface area contributed by atoms with E-state index in [0.717, 1.165) is 5.57 Å². The summed E-state index contributed by atoms with van der Waals surface area (Å²) >= 11 is 12.2. The molecular weight excluding hydrogens is 528 g/mol. The van der Waals surface area contributed by atoms with Gasteiger partial charge in [0.05, 0.1) is 33.0 Å². The Balaban J connectivity index is 1.45. The number of hydrogen-bond donors (Lipinski definition) is 1. The summed E-state index contributed by atoms with van der Waals surface area (Å²) in [6, 6.07) is 18.0. The number of hydrogen-bond acceptors (Lipinski definition) is 5.